The van der Waals surface area contributed by atoms with E-state index in [9.17, 15) is 5.11 Å². The number of aliphatic hydroxyl groups is 1. The van der Waals surface area contributed by atoms with Crippen LogP contribution in [0.15, 0.2) is 30.5 Å². The van der Waals surface area contributed by atoms with Gasteiger partial charge in [0.1, 0.15) is 0 Å². The number of hydrogen-bond acceptors (Lipinski definition) is 2. The topological polar surface area (TPSA) is 38.0 Å². The van der Waals surface area contributed by atoms with Crippen molar-refractivity contribution < 1.29 is 5.11 Å². The van der Waals surface area contributed by atoms with Gasteiger partial charge in [0.05, 0.1) is 17.8 Å². The Morgan fingerprint density at radius 2 is 2.14 bits per heavy atom. The van der Waals surface area contributed by atoms with Gasteiger partial charge in [0.2, 0.25) is 0 Å². The molecular weight excluding hydrogens is 260 g/mol. The Morgan fingerprint density at radius 1 is 1.38 bits per heavy atom. The average Bonchev–Trinajstić information content (AvgIpc) is 2.74. The standard InChI is InChI=1S/C18H24N2O/c1-12-9-14-16(10-18(3,4)11-17(14)21)20(12)13(2)15-7-5-6-8-19-15/h5-9,13,17,21H,10-11H2,1-4H3. The Labute approximate surface area is 126 Å². The van der Waals surface area contributed by atoms with E-state index in [0.29, 0.717) is 0 Å². The van der Waals surface area contributed by atoms with E-state index in [1.165, 1.54) is 11.4 Å². The van der Waals surface area contributed by atoms with Gasteiger partial charge in [0.15, 0.2) is 0 Å². The Bertz CT molecular complexity index is 643. The molecule has 0 saturated carbocycles. The van der Waals surface area contributed by atoms with Crippen molar-refractivity contribution in [2.24, 2.45) is 5.41 Å². The molecule has 0 radical (unpaired) electrons. The summed E-state index contributed by atoms with van der Waals surface area (Å²) in [7, 11) is 0. The highest BCUT2D eigenvalue weighted by atomic mass is 16.3. The SMILES string of the molecule is Cc1cc2c(n1C(C)c1ccccn1)CC(C)(C)CC2O. The van der Waals surface area contributed by atoms with Gasteiger partial charge < -0.3 is 9.67 Å². The lowest BCUT2D eigenvalue weighted by Gasteiger charge is -2.34. The molecule has 0 saturated heterocycles. The highest BCUT2D eigenvalue weighted by molar-refractivity contribution is 5.35. The molecule has 0 aromatic carbocycles. The summed E-state index contributed by atoms with van der Waals surface area (Å²) in [6.07, 6.45) is 3.33. The second-order valence-corrected chi connectivity index (χ2v) is 7.05. The molecule has 112 valence electrons. The summed E-state index contributed by atoms with van der Waals surface area (Å²) in [5, 5.41) is 10.5. The predicted octanol–water partition coefficient (Wildman–Crippen LogP) is 3.81. The molecule has 1 N–H and O–H groups in total. The summed E-state index contributed by atoms with van der Waals surface area (Å²) in [5.74, 6) is 0. The van der Waals surface area contributed by atoms with Gasteiger partial charge >= 0.3 is 0 Å². The Kier molecular flexibility index (Phi) is 3.40. The minimum Gasteiger partial charge on any atom is -0.388 e. The molecule has 21 heavy (non-hydrogen) atoms. The van der Waals surface area contributed by atoms with Crippen LogP contribution in [0.2, 0.25) is 0 Å². The van der Waals surface area contributed by atoms with E-state index in [4.69, 9.17) is 0 Å². The number of rotatable bonds is 2. The zero-order valence-electron chi connectivity index (χ0n) is 13.3. The van der Waals surface area contributed by atoms with Crippen LogP contribution in [0.4, 0.5) is 0 Å². The summed E-state index contributed by atoms with van der Waals surface area (Å²) in [5.41, 5.74) is 4.79. The van der Waals surface area contributed by atoms with E-state index in [0.717, 1.165) is 24.1 Å². The van der Waals surface area contributed by atoms with Crippen molar-refractivity contribution in [3.63, 3.8) is 0 Å². The first-order valence-electron chi connectivity index (χ1n) is 7.69. The van der Waals surface area contributed by atoms with Crippen LogP contribution in [0, 0.1) is 12.3 Å². The van der Waals surface area contributed by atoms with Crippen LogP contribution in [0.25, 0.3) is 0 Å². The number of hydrogen-bond donors (Lipinski definition) is 1. The summed E-state index contributed by atoms with van der Waals surface area (Å²) in [6.45, 7) is 8.77. The third-order valence-corrected chi connectivity index (χ3v) is 4.62. The van der Waals surface area contributed by atoms with Gasteiger partial charge in [-0.3, -0.25) is 4.98 Å². The number of aromatic nitrogens is 2. The summed E-state index contributed by atoms with van der Waals surface area (Å²) in [6, 6.07) is 8.38. The minimum atomic E-state index is -0.348. The molecule has 0 aliphatic heterocycles. The highest BCUT2D eigenvalue weighted by Gasteiger charge is 2.35. The molecule has 1 aliphatic carbocycles. The van der Waals surface area contributed by atoms with Crippen LogP contribution in [-0.4, -0.2) is 14.7 Å². The van der Waals surface area contributed by atoms with Gasteiger partial charge in [-0.1, -0.05) is 19.9 Å². The number of aryl methyl sites for hydroxylation is 1. The fourth-order valence-electron chi connectivity index (χ4n) is 3.66. The number of nitrogens with zero attached hydrogens (tertiary/aromatic N) is 2. The Morgan fingerprint density at radius 3 is 2.81 bits per heavy atom. The van der Waals surface area contributed by atoms with Gasteiger partial charge in [-0.05, 0) is 50.3 Å². The van der Waals surface area contributed by atoms with Gasteiger partial charge in [-0.2, -0.15) is 0 Å². The second kappa shape index (κ2) is 4.99. The van der Waals surface area contributed by atoms with Crippen molar-refractivity contribution in [1.82, 2.24) is 9.55 Å². The van der Waals surface area contributed by atoms with Crippen LogP contribution in [0.3, 0.4) is 0 Å². The number of aliphatic hydroxyl groups excluding tert-OH is 1. The smallest absolute Gasteiger partial charge is 0.0812 e. The largest absolute Gasteiger partial charge is 0.388 e. The van der Waals surface area contributed by atoms with Crippen molar-refractivity contribution in [1.29, 1.82) is 0 Å². The van der Waals surface area contributed by atoms with Crippen LogP contribution >= 0.6 is 0 Å². The van der Waals surface area contributed by atoms with Crippen molar-refractivity contribution in [3.05, 3.63) is 53.1 Å². The van der Waals surface area contributed by atoms with E-state index < -0.39 is 0 Å². The predicted molar refractivity (Wildman–Crippen MR) is 84.3 cm³/mol. The molecule has 0 fully saturated rings. The molecule has 3 heteroatoms. The molecule has 2 heterocycles. The maximum Gasteiger partial charge on any atom is 0.0812 e. The van der Waals surface area contributed by atoms with Crippen molar-refractivity contribution in [2.75, 3.05) is 0 Å². The van der Waals surface area contributed by atoms with E-state index in [1.54, 1.807) is 0 Å². The second-order valence-electron chi connectivity index (χ2n) is 7.05. The van der Waals surface area contributed by atoms with E-state index in [2.05, 4.69) is 49.4 Å². The average molecular weight is 284 g/mol. The van der Waals surface area contributed by atoms with Gasteiger partial charge in [-0.15, -0.1) is 0 Å². The molecule has 2 aromatic rings. The van der Waals surface area contributed by atoms with Gasteiger partial charge in [0, 0.05) is 23.1 Å². The van der Waals surface area contributed by atoms with Crippen molar-refractivity contribution in [3.8, 4) is 0 Å². The maximum atomic E-state index is 10.5. The summed E-state index contributed by atoms with van der Waals surface area (Å²) in [4.78, 5) is 4.50. The van der Waals surface area contributed by atoms with E-state index >= 15 is 0 Å². The van der Waals surface area contributed by atoms with Crippen LogP contribution in [0.1, 0.15) is 62.0 Å². The third-order valence-electron chi connectivity index (χ3n) is 4.62. The first-order chi connectivity index (χ1) is 9.89. The molecule has 0 amide bonds. The summed E-state index contributed by atoms with van der Waals surface area (Å²) >= 11 is 0. The molecule has 3 rings (SSSR count). The number of pyridine rings is 1. The van der Waals surface area contributed by atoms with E-state index in [-0.39, 0.29) is 17.6 Å². The van der Waals surface area contributed by atoms with Gasteiger partial charge in [0.25, 0.3) is 0 Å². The summed E-state index contributed by atoms with van der Waals surface area (Å²) < 4.78 is 2.35. The van der Waals surface area contributed by atoms with Crippen molar-refractivity contribution >= 4 is 0 Å². The lowest BCUT2D eigenvalue weighted by Crippen LogP contribution is -2.27. The monoisotopic (exact) mass is 284 g/mol. The minimum absolute atomic E-state index is 0.138. The Hall–Kier alpha value is -1.61. The molecule has 0 bridgehead atoms. The van der Waals surface area contributed by atoms with Crippen LogP contribution in [-0.2, 0) is 6.42 Å². The molecular formula is C18H24N2O. The first-order valence-corrected chi connectivity index (χ1v) is 7.69. The van der Waals surface area contributed by atoms with E-state index in [1.807, 2.05) is 18.3 Å². The highest BCUT2D eigenvalue weighted by Crippen LogP contribution is 2.43. The molecule has 2 atom stereocenters. The van der Waals surface area contributed by atoms with Crippen molar-refractivity contribution in [2.45, 2.75) is 52.7 Å². The lowest BCUT2D eigenvalue weighted by atomic mass is 9.75. The van der Waals surface area contributed by atoms with Crippen LogP contribution < -0.4 is 0 Å². The van der Waals surface area contributed by atoms with Gasteiger partial charge in [-0.25, -0.2) is 0 Å². The maximum absolute atomic E-state index is 10.5. The number of fused-ring (bicyclic) bond motifs is 1. The molecule has 2 unspecified atom stereocenters. The fourth-order valence-corrected chi connectivity index (χ4v) is 3.66. The third kappa shape index (κ3) is 2.51. The zero-order chi connectivity index (χ0) is 15.2. The molecule has 0 spiro atoms. The molecule has 1 aliphatic rings. The first kappa shape index (κ1) is 14.3. The normalized spacial score (nSPS) is 21.9. The molecule has 2 aromatic heterocycles. The fraction of sp³-hybridized carbons (Fsp3) is 0.500. The lowest BCUT2D eigenvalue weighted by molar-refractivity contribution is 0.0977. The van der Waals surface area contributed by atoms with Crippen LogP contribution in [0.5, 0.6) is 0 Å². The molecule has 3 nitrogen and oxygen atoms in total. The quantitative estimate of drug-likeness (QED) is 0.910. The zero-order valence-corrected chi connectivity index (χ0v) is 13.3. The Balaban J connectivity index is 2.08.